The van der Waals surface area contributed by atoms with Crippen LogP contribution in [0.25, 0.3) is 0 Å². The van der Waals surface area contributed by atoms with Gasteiger partial charge in [-0.2, -0.15) is 0 Å². The first kappa shape index (κ1) is 12.6. The highest BCUT2D eigenvalue weighted by Gasteiger charge is 2.36. The predicted molar refractivity (Wildman–Crippen MR) is 73.9 cm³/mol. The molecule has 0 saturated heterocycles. The zero-order valence-corrected chi connectivity index (χ0v) is 11.9. The van der Waals surface area contributed by atoms with Gasteiger partial charge in [-0.15, -0.1) is 11.3 Å². The lowest BCUT2D eigenvalue weighted by Gasteiger charge is -2.29. The van der Waals surface area contributed by atoms with Gasteiger partial charge in [0.25, 0.3) is 0 Å². The van der Waals surface area contributed by atoms with Crippen molar-refractivity contribution in [3.8, 4) is 0 Å². The van der Waals surface area contributed by atoms with E-state index in [0.717, 1.165) is 32.4 Å². The SMILES string of the molecule is COC1(c2nc3c(s2)CNCC3)CCCCCC1. The molecular formula is C14H22N2OS. The monoisotopic (exact) mass is 266 g/mol. The molecule has 2 aliphatic rings. The van der Waals surface area contributed by atoms with E-state index in [0.29, 0.717) is 0 Å². The van der Waals surface area contributed by atoms with Crippen LogP contribution in [0.5, 0.6) is 0 Å². The van der Waals surface area contributed by atoms with Crippen molar-refractivity contribution in [3.05, 3.63) is 15.6 Å². The fourth-order valence-corrected chi connectivity index (χ4v) is 4.43. The van der Waals surface area contributed by atoms with Crippen molar-refractivity contribution in [2.24, 2.45) is 0 Å². The topological polar surface area (TPSA) is 34.1 Å². The van der Waals surface area contributed by atoms with E-state index < -0.39 is 0 Å². The van der Waals surface area contributed by atoms with E-state index >= 15 is 0 Å². The van der Waals surface area contributed by atoms with Crippen LogP contribution in [0.2, 0.25) is 0 Å². The molecule has 1 aliphatic carbocycles. The molecule has 3 nitrogen and oxygen atoms in total. The third kappa shape index (κ3) is 2.22. The van der Waals surface area contributed by atoms with Gasteiger partial charge in [-0.05, 0) is 12.8 Å². The van der Waals surface area contributed by atoms with E-state index in [2.05, 4.69) is 5.32 Å². The van der Waals surface area contributed by atoms with Gasteiger partial charge in [0.15, 0.2) is 0 Å². The molecule has 1 N–H and O–H groups in total. The molecule has 0 amide bonds. The maximum absolute atomic E-state index is 5.95. The summed E-state index contributed by atoms with van der Waals surface area (Å²) in [6, 6.07) is 0. The van der Waals surface area contributed by atoms with E-state index in [-0.39, 0.29) is 5.60 Å². The Hall–Kier alpha value is -0.450. The van der Waals surface area contributed by atoms with Crippen LogP contribution in [0.1, 0.15) is 54.1 Å². The fraction of sp³-hybridized carbons (Fsp3) is 0.786. The molecule has 0 spiro atoms. The summed E-state index contributed by atoms with van der Waals surface area (Å²) in [5.41, 5.74) is 1.23. The Morgan fingerprint density at radius 3 is 2.67 bits per heavy atom. The highest BCUT2D eigenvalue weighted by Crippen LogP contribution is 2.41. The van der Waals surface area contributed by atoms with Crippen molar-refractivity contribution in [2.75, 3.05) is 13.7 Å². The van der Waals surface area contributed by atoms with Gasteiger partial charge in [0.2, 0.25) is 0 Å². The largest absolute Gasteiger partial charge is 0.371 e. The number of fused-ring (bicyclic) bond motifs is 1. The van der Waals surface area contributed by atoms with Gasteiger partial charge in [0.05, 0.1) is 5.69 Å². The minimum Gasteiger partial charge on any atom is -0.371 e. The maximum atomic E-state index is 5.95. The molecule has 0 bridgehead atoms. The number of hydrogen-bond acceptors (Lipinski definition) is 4. The zero-order chi connectivity index (χ0) is 12.4. The van der Waals surface area contributed by atoms with Crippen LogP contribution in [-0.2, 0) is 23.3 Å². The minimum atomic E-state index is -0.0848. The van der Waals surface area contributed by atoms with Gasteiger partial charge < -0.3 is 10.1 Å². The lowest BCUT2D eigenvalue weighted by molar-refractivity contribution is -0.0280. The van der Waals surface area contributed by atoms with E-state index in [1.807, 2.05) is 18.4 Å². The van der Waals surface area contributed by atoms with Crippen molar-refractivity contribution < 1.29 is 4.74 Å². The van der Waals surface area contributed by atoms with Gasteiger partial charge in [0.1, 0.15) is 10.6 Å². The molecule has 4 heteroatoms. The Morgan fingerprint density at radius 1 is 1.22 bits per heavy atom. The van der Waals surface area contributed by atoms with E-state index in [4.69, 9.17) is 9.72 Å². The Morgan fingerprint density at radius 2 is 2.00 bits per heavy atom. The molecule has 3 rings (SSSR count). The van der Waals surface area contributed by atoms with Crippen LogP contribution in [0.3, 0.4) is 0 Å². The highest BCUT2D eigenvalue weighted by molar-refractivity contribution is 7.11. The van der Waals surface area contributed by atoms with Crippen LogP contribution in [-0.4, -0.2) is 18.6 Å². The number of nitrogens with zero attached hydrogens (tertiary/aromatic N) is 1. The average Bonchev–Trinajstić information content (AvgIpc) is 2.70. The first-order chi connectivity index (χ1) is 8.84. The van der Waals surface area contributed by atoms with Crippen LogP contribution in [0.4, 0.5) is 0 Å². The molecule has 1 aromatic rings. The average molecular weight is 266 g/mol. The standard InChI is InChI=1S/C14H22N2OS/c1-17-14(7-4-2-3-5-8-14)13-16-11-6-9-15-10-12(11)18-13/h15H,2-10H2,1H3. The molecule has 18 heavy (non-hydrogen) atoms. The van der Waals surface area contributed by atoms with Crippen LogP contribution in [0, 0.1) is 0 Å². The molecule has 1 fully saturated rings. The number of hydrogen-bond donors (Lipinski definition) is 1. The minimum absolute atomic E-state index is 0.0848. The molecule has 2 heterocycles. The highest BCUT2D eigenvalue weighted by atomic mass is 32.1. The summed E-state index contributed by atoms with van der Waals surface area (Å²) < 4.78 is 5.95. The Bertz CT molecular complexity index is 384. The third-order valence-electron chi connectivity index (χ3n) is 4.29. The first-order valence-electron chi connectivity index (χ1n) is 7.09. The lowest BCUT2D eigenvalue weighted by Crippen LogP contribution is -2.27. The summed E-state index contributed by atoms with van der Waals surface area (Å²) in [6.07, 6.45) is 8.60. The van der Waals surface area contributed by atoms with Gasteiger partial charge in [-0.3, -0.25) is 0 Å². The van der Waals surface area contributed by atoms with Gasteiger partial charge in [-0.25, -0.2) is 4.98 Å². The van der Waals surface area contributed by atoms with Crippen LogP contribution in [0.15, 0.2) is 0 Å². The normalized spacial score (nSPS) is 23.4. The second kappa shape index (κ2) is 5.27. The fourth-order valence-electron chi connectivity index (χ4n) is 3.13. The summed E-state index contributed by atoms with van der Waals surface area (Å²) >= 11 is 1.88. The second-order valence-corrected chi connectivity index (χ2v) is 6.51. The summed E-state index contributed by atoms with van der Waals surface area (Å²) in [7, 11) is 1.87. The van der Waals surface area contributed by atoms with E-state index in [1.165, 1.54) is 41.3 Å². The summed E-state index contributed by atoms with van der Waals surface area (Å²) in [5, 5.41) is 4.67. The quantitative estimate of drug-likeness (QED) is 0.836. The lowest BCUT2D eigenvalue weighted by atomic mass is 9.95. The van der Waals surface area contributed by atoms with Gasteiger partial charge in [-0.1, -0.05) is 25.7 Å². The summed E-state index contributed by atoms with van der Waals surface area (Å²) in [4.78, 5) is 6.34. The first-order valence-corrected chi connectivity index (χ1v) is 7.91. The van der Waals surface area contributed by atoms with Crippen molar-refractivity contribution in [1.29, 1.82) is 0 Å². The Labute approximate surface area is 113 Å². The number of ether oxygens (including phenoxy) is 1. The predicted octanol–water partition coefficient (Wildman–Crippen LogP) is 2.98. The molecule has 1 aromatic heterocycles. The Balaban J connectivity index is 1.92. The number of rotatable bonds is 2. The zero-order valence-electron chi connectivity index (χ0n) is 11.1. The van der Waals surface area contributed by atoms with Crippen LogP contribution >= 0.6 is 11.3 Å². The number of nitrogens with one attached hydrogen (secondary N) is 1. The van der Waals surface area contributed by atoms with Gasteiger partial charge in [0, 0.05) is 31.5 Å². The molecule has 100 valence electrons. The molecule has 0 radical (unpaired) electrons. The Kier molecular flexibility index (Phi) is 3.68. The third-order valence-corrected chi connectivity index (χ3v) is 5.58. The number of methoxy groups -OCH3 is 1. The number of aromatic nitrogens is 1. The van der Waals surface area contributed by atoms with Crippen LogP contribution < -0.4 is 5.32 Å². The molecule has 1 saturated carbocycles. The molecular weight excluding hydrogens is 244 g/mol. The van der Waals surface area contributed by atoms with Crippen molar-refractivity contribution >= 4 is 11.3 Å². The van der Waals surface area contributed by atoms with E-state index in [9.17, 15) is 0 Å². The van der Waals surface area contributed by atoms with E-state index in [1.54, 1.807) is 0 Å². The summed E-state index contributed by atoms with van der Waals surface area (Å²) in [6.45, 7) is 2.06. The number of thiazole rings is 1. The molecule has 0 unspecified atom stereocenters. The summed E-state index contributed by atoms with van der Waals surface area (Å²) in [5.74, 6) is 0. The smallest absolute Gasteiger partial charge is 0.125 e. The van der Waals surface area contributed by atoms with Crippen molar-refractivity contribution in [2.45, 2.75) is 57.1 Å². The molecule has 0 aromatic carbocycles. The van der Waals surface area contributed by atoms with Crippen molar-refractivity contribution in [1.82, 2.24) is 10.3 Å². The molecule has 0 atom stereocenters. The maximum Gasteiger partial charge on any atom is 0.125 e. The van der Waals surface area contributed by atoms with Crippen molar-refractivity contribution in [3.63, 3.8) is 0 Å². The second-order valence-electron chi connectivity index (χ2n) is 5.43. The molecule has 1 aliphatic heterocycles. The van der Waals surface area contributed by atoms with Gasteiger partial charge >= 0.3 is 0 Å².